The highest BCUT2D eigenvalue weighted by atomic mass is 16.2. The summed E-state index contributed by atoms with van der Waals surface area (Å²) in [6, 6.07) is 0. The Morgan fingerprint density at radius 3 is 2.44 bits per heavy atom. The zero-order valence-electron chi connectivity index (χ0n) is 10.0. The summed E-state index contributed by atoms with van der Waals surface area (Å²) in [6.07, 6.45) is 0. The van der Waals surface area contributed by atoms with Crippen LogP contribution < -0.4 is 5.32 Å². The van der Waals surface area contributed by atoms with Crippen molar-refractivity contribution in [2.45, 2.75) is 27.7 Å². The molecule has 1 fully saturated rings. The molecule has 88 valence electrons. The number of aromatic amines is 1. The van der Waals surface area contributed by atoms with Gasteiger partial charge < -0.3 is 5.32 Å². The van der Waals surface area contributed by atoms with E-state index in [1.807, 2.05) is 0 Å². The minimum Gasteiger partial charge on any atom is -0.349 e. The Labute approximate surface area is 94.2 Å². The number of hydrogen-bond donors (Lipinski definition) is 2. The summed E-state index contributed by atoms with van der Waals surface area (Å²) in [5.74, 6) is 0.319. The molecular weight excluding hydrogens is 206 g/mol. The average Bonchev–Trinajstić information content (AvgIpc) is 2.66. The van der Waals surface area contributed by atoms with E-state index in [2.05, 4.69) is 53.6 Å². The molecule has 1 aliphatic carbocycles. The molecule has 0 radical (unpaired) electrons. The van der Waals surface area contributed by atoms with Crippen LogP contribution in [0.15, 0.2) is 0 Å². The van der Waals surface area contributed by atoms with Crippen LogP contribution in [-0.2, 0) is 0 Å². The highest BCUT2D eigenvalue weighted by Gasteiger charge is 2.64. The summed E-state index contributed by atoms with van der Waals surface area (Å²) in [4.78, 5) is 11.6. The Morgan fingerprint density at radius 2 is 2.00 bits per heavy atom. The summed E-state index contributed by atoms with van der Waals surface area (Å²) in [5, 5.41) is 15.7. The van der Waals surface area contributed by atoms with E-state index in [-0.39, 0.29) is 22.6 Å². The topological polar surface area (TPSA) is 83.6 Å². The number of carbonyl (C=O) groups excluding carboxylic acids is 1. The van der Waals surface area contributed by atoms with E-state index in [1.54, 1.807) is 0 Å². The molecule has 6 heteroatoms. The SMILES string of the molecule is CC1(C)C(CNC(=O)c2nn[nH]n2)C1(C)C. The van der Waals surface area contributed by atoms with Crippen LogP contribution in [0.4, 0.5) is 0 Å². The fraction of sp³-hybridized carbons (Fsp3) is 0.800. The third-order valence-electron chi connectivity index (χ3n) is 4.33. The van der Waals surface area contributed by atoms with Crippen molar-refractivity contribution in [3.63, 3.8) is 0 Å². The van der Waals surface area contributed by atoms with Crippen molar-refractivity contribution in [2.24, 2.45) is 16.7 Å². The molecule has 2 rings (SSSR count). The maximum Gasteiger partial charge on any atom is 0.292 e. The molecule has 1 aromatic heterocycles. The van der Waals surface area contributed by atoms with Crippen LogP contribution in [0.3, 0.4) is 0 Å². The smallest absolute Gasteiger partial charge is 0.292 e. The normalized spacial score (nSPS) is 21.8. The third kappa shape index (κ3) is 1.48. The highest BCUT2D eigenvalue weighted by molar-refractivity contribution is 5.90. The van der Waals surface area contributed by atoms with E-state index in [0.717, 1.165) is 0 Å². The second kappa shape index (κ2) is 3.26. The number of carbonyl (C=O) groups is 1. The minimum absolute atomic E-state index is 0.0938. The first kappa shape index (κ1) is 11.0. The van der Waals surface area contributed by atoms with E-state index in [0.29, 0.717) is 12.5 Å². The van der Waals surface area contributed by atoms with Crippen LogP contribution in [0.1, 0.15) is 38.3 Å². The lowest BCUT2D eigenvalue weighted by molar-refractivity contribution is 0.0939. The number of hydrogen-bond acceptors (Lipinski definition) is 4. The van der Waals surface area contributed by atoms with Crippen LogP contribution in [0.25, 0.3) is 0 Å². The molecule has 1 aromatic rings. The number of nitrogens with one attached hydrogen (secondary N) is 2. The number of rotatable bonds is 3. The van der Waals surface area contributed by atoms with Gasteiger partial charge in [0.15, 0.2) is 0 Å². The van der Waals surface area contributed by atoms with Crippen LogP contribution in [0.5, 0.6) is 0 Å². The summed E-state index contributed by atoms with van der Waals surface area (Å²) >= 11 is 0. The Bertz CT molecular complexity index is 381. The molecule has 0 atom stereocenters. The summed E-state index contributed by atoms with van der Waals surface area (Å²) in [7, 11) is 0. The Balaban J connectivity index is 1.89. The van der Waals surface area contributed by atoms with Gasteiger partial charge in [-0.05, 0) is 22.0 Å². The molecule has 0 bridgehead atoms. The minimum atomic E-state index is -0.271. The van der Waals surface area contributed by atoms with Gasteiger partial charge in [0, 0.05) is 6.54 Å². The molecule has 0 aliphatic heterocycles. The number of nitrogens with zero attached hydrogens (tertiary/aromatic N) is 3. The van der Waals surface area contributed by atoms with Crippen molar-refractivity contribution >= 4 is 5.91 Å². The second-order valence-corrected chi connectivity index (χ2v) is 5.44. The Morgan fingerprint density at radius 1 is 1.38 bits per heavy atom. The average molecular weight is 223 g/mol. The van der Waals surface area contributed by atoms with Crippen LogP contribution >= 0.6 is 0 Å². The van der Waals surface area contributed by atoms with E-state index in [9.17, 15) is 4.79 Å². The molecule has 1 heterocycles. The largest absolute Gasteiger partial charge is 0.349 e. The van der Waals surface area contributed by atoms with Gasteiger partial charge in [0.25, 0.3) is 11.7 Å². The molecule has 0 unspecified atom stereocenters. The van der Waals surface area contributed by atoms with Crippen molar-refractivity contribution in [3.05, 3.63) is 5.82 Å². The van der Waals surface area contributed by atoms with Crippen molar-refractivity contribution in [2.75, 3.05) is 6.54 Å². The fourth-order valence-electron chi connectivity index (χ4n) is 2.38. The highest BCUT2D eigenvalue weighted by Crippen LogP contribution is 2.67. The van der Waals surface area contributed by atoms with E-state index in [4.69, 9.17) is 0 Å². The summed E-state index contributed by atoms with van der Waals surface area (Å²) in [6.45, 7) is 9.54. The molecule has 1 aliphatic rings. The second-order valence-electron chi connectivity index (χ2n) is 5.44. The molecular formula is C10H17N5O. The van der Waals surface area contributed by atoms with Crippen molar-refractivity contribution in [1.82, 2.24) is 25.9 Å². The molecule has 2 N–H and O–H groups in total. The van der Waals surface area contributed by atoms with E-state index < -0.39 is 0 Å². The summed E-state index contributed by atoms with van der Waals surface area (Å²) in [5.41, 5.74) is 0.551. The third-order valence-corrected chi connectivity index (χ3v) is 4.33. The monoisotopic (exact) mass is 223 g/mol. The quantitative estimate of drug-likeness (QED) is 0.786. The van der Waals surface area contributed by atoms with Crippen molar-refractivity contribution in [3.8, 4) is 0 Å². The van der Waals surface area contributed by atoms with Gasteiger partial charge in [-0.25, -0.2) is 0 Å². The zero-order chi connectivity index (χ0) is 12.0. The Kier molecular flexibility index (Phi) is 2.25. The molecule has 0 spiro atoms. The molecule has 1 saturated carbocycles. The van der Waals surface area contributed by atoms with Gasteiger partial charge >= 0.3 is 0 Å². The number of H-pyrrole nitrogens is 1. The lowest BCUT2D eigenvalue weighted by atomic mass is 10.0. The predicted molar refractivity (Wildman–Crippen MR) is 57.6 cm³/mol. The van der Waals surface area contributed by atoms with E-state index >= 15 is 0 Å². The molecule has 0 saturated heterocycles. The van der Waals surface area contributed by atoms with Gasteiger partial charge in [0.05, 0.1) is 0 Å². The maximum absolute atomic E-state index is 11.6. The van der Waals surface area contributed by atoms with Crippen molar-refractivity contribution < 1.29 is 4.79 Å². The van der Waals surface area contributed by atoms with Crippen LogP contribution in [0, 0.1) is 16.7 Å². The standard InChI is InChI=1S/C10H17N5O/c1-9(2)6(10(9,3)4)5-11-8(16)7-12-14-15-13-7/h6H,5H2,1-4H3,(H,11,16)(H,12,13,14,15). The molecule has 6 nitrogen and oxygen atoms in total. The zero-order valence-corrected chi connectivity index (χ0v) is 10.0. The first-order valence-corrected chi connectivity index (χ1v) is 5.39. The van der Waals surface area contributed by atoms with Gasteiger partial charge in [-0.15, -0.1) is 10.2 Å². The fourth-order valence-corrected chi connectivity index (χ4v) is 2.38. The molecule has 1 amide bonds. The van der Waals surface area contributed by atoms with Crippen LogP contribution in [-0.4, -0.2) is 33.1 Å². The molecule has 0 aromatic carbocycles. The number of tetrazole rings is 1. The first-order valence-electron chi connectivity index (χ1n) is 5.39. The van der Waals surface area contributed by atoms with Gasteiger partial charge in [-0.2, -0.15) is 5.21 Å². The van der Waals surface area contributed by atoms with E-state index in [1.165, 1.54) is 0 Å². The molecule has 16 heavy (non-hydrogen) atoms. The lowest BCUT2D eigenvalue weighted by Crippen LogP contribution is -2.28. The maximum atomic E-state index is 11.6. The van der Waals surface area contributed by atoms with Crippen LogP contribution in [0.2, 0.25) is 0 Å². The number of aromatic nitrogens is 4. The predicted octanol–water partition coefficient (Wildman–Crippen LogP) is 0.612. The van der Waals surface area contributed by atoms with Gasteiger partial charge in [-0.1, -0.05) is 27.7 Å². The number of amides is 1. The lowest BCUT2D eigenvalue weighted by Gasteiger charge is -2.04. The van der Waals surface area contributed by atoms with Gasteiger partial charge in [0.2, 0.25) is 0 Å². The Hall–Kier alpha value is -1.46. The van der Waals surface area contributed by atoms with Gasteiger partial charge in [-0.3, -0.25) is 4.79 Å². The first-order chi connectivity index (χ1) is 7.37. The summed E-state index contributed by atoms with van der Waals surface area (Å²) < 4.78 is 0. The van der Waals surface area contributed by atoms with Crippen molar-refractivity contribution in [1.29, 1.82) is 0 Å². The van der Waals surface area contributed by atoms with Gasteiger partial charge in [0.1, 0.15) is 0 Å².